The molecule has 2 aromatic rings. The van der Waals surface area contributed by atoms with Crippen molar-refractivity contribution in [3.63, 3.8) is 0 Å². The Hall–Kier alpha value is -2.25. The summed E-state index contributed by atoms with van der Waals surface area (Å²) in [5.74, 6) is 0.204. The van der Waals surface area contributed by atoms with Gasteiger partial charge in [0.05, 0.1) is 12.7 Å². The van der Waals surface area contributed by atoms with Crippen LogP contribution in [0.4, 0.5) is 13.2 Å². The molecule has 0 saturated heterocycles. The molecule has 1 aromatic carbocycles. The van der Waals surface area contributed by atoms with E-state index in [1.807, 2.05) is 0 Å². The Morgan fingerprint density at radius 1 is 1.05 bits per heavy atom. The van der Waals surface area contributed by atoms with Crippen molar-refractivity contribution in [1.82, 2.24) is 20.4 Å². The Bertz CT molecular complexity index is 583. The lowest BCUT2D eigenvalue weighted by Gasteiger charge is -2.12. The van der Waals surface area contributed by atoms with E-state index in [-0.39, 0.29) is 23.0 Å². The lowest BCUT2D eigenvalue weighted by Crippen LogP contribution is -2.09. The smallest absolute Gasteiger partial charge is 0.417 e. The van der Waals surface area contributed by atoms with Crippen LogP contribution in [0.3, 0.4) is 0 Å². The van der Waals surface area contributed by atoms with Crippen LogP contribution >= 0.6 is 0 Å². The minimum Gasteiger partial charge on any atom is -0.497 e. The minimum absolute atomic E-state index is 0.101. The van der Waals surface area contributed by atoms with Crippen LogP contribution in [0.2, 0.25) is 0 Å². The van der Waals surface area contributed by atoms with Crippen LogP contribution in [0.1, 0.15) is 11.4 Å². The van der Waals surface area contributed by atoms with E-state index in [4.69, 9.17) is 4.74 Å². The van der Waals surface area contributed by atoms with Gasteiger partial charge < -0.3 is 4.74 Å². The predicted octanol–water partition coefficient (Wildman–Crippen LogP) is 2.27. The Kier molecular flexibility index (Phi) is 3.32. The summed E-state index contributed by atoms with van der Waals surface area (Å²) in [6, 6.07) is 3.52. The van der Waals surface area contributed by atoms with Gasteiger partial charge in [-0.3, -0.25) is 0 Å². The maximum absolute atomic E-state index is 13.0. The fourth-order valence-corrected chi connectivity index (χ4v) is 1.47. The number of aryl methyl sites for hydroxylation is 1. The number of hydrogen-bond donors (Lipinski definition) is 0. The van der Waals surface area contributed by atoms with Gasteiger partial charge in [-0.1, -0.05) is 0 Å². The van der Waals surface area contributed by atoms with Crippen molar-refractivity contribution in [2.24, 2.45) is 0 Å². The number of halogens is 3. The van der Waals surface area contributed by atoms with Crippen molar-refractivity contribution in [3.05, 3.63) is 29.6 Å². The molecule has 8 heteroatoms. The Morgan fingerprint density at radius 3 is 2.21 bits per heavy atom. The summed E-state index contributed by atoms with van der Waals surface area (Å²) < 4.78 is 43.7. The second-order valence-electron chi connectivity index (χ2n) is 3.68. The van der Waals surface area contributed by atoms with Gasteiger partial charge in [0.2, 0.25) is 5.82 Å². The molecular weight excluding hydrogens is 261 g/mol. The van der Waals surface area contributed by atoms with Gasteiger partial charge in [-0.05, 0) is 25.1 Å². The van der Waals surface area contributed by atoms with Crippen LogP contribution in [0.5, 0.6) is 5.75 Å². The average molecular weight is 270 g/mol. The average Bonchev–Trinajstić information content (AvgIpc) is 2.38. The van der Waals surface area contributed by atoms with Crippen molar-refractivity contribution < 1.29 is 17.9 Å². The summed E-state index contributed by atoms with van der Waals surface area (Å²) in [5.41, 5.74) is -1.08. The molecule has 19 heavy (non-hydrogen) atoms. The first-order valence-corrected chi connectivity index (χ1v) is 5.21. The zero-order valence-electron chi connectivity index (χ0n) is 10.1. The highest BCUT2D eigenvalue weighted by Crippen LogP contribution is 2.37. The van der Waals surface area contributed by atoms with Gasteiger partial charge in [0.1, 0.15) is 5.75 Å². The van der Waals surface area contributed by atoms with Crippen LogP contribution < -0.4 is 4.74 Å². The predicted molar refractivity (Wildman–Crippen MR) is 59.3 cm³/mol. The Balaban J connectivity index is 2.59. The first-order valence-electron chi connectivity index (χ1n) is 5.21. The molecule has 0 atom stereocenters. The molecule has 2 rings (SSSR count). The number of alkyl halides is 3. The van der Waals surface area contributed by atoms with Gasteiger partial charge in [-0.2, -0.15) is 13.2 Å². The summed E-state index contributed by atoms with van der Waals surface area (Å²) in [5, 5.41) is 14.4. The third kappa shape index (κ3) is 2.78. The second-order valence-corrected chi connectivity index (χ2v) is 3.68. The van der Waals surface area contributed by atoms with Crippen LogP contribution in [0, 0.1) is 6.92 Å². The highest BCUT2D eigenvalue weighted by molar-refractivity contribution is 5.62. The SMILES string of the molecule is COc1ccc(-c2nnc(C)nn2)c(C(F)(F)F)c1. The fraction of sp³-hybridized carbons (Fsp3) is 0.273. The fourth-order valence-electron chi connectivity index (χ4n) is 1.47. The lowest BCUT2D eigenvalue weighted by atomic mass is 10.1. The van der Waals surface area contributed by atoms with E-state index in [0.29, 0.717) is 0 Å². The van der Waals surface area contributed by atoms with E-state index in [2.05, 4.69) is 20.4 Å². The largest absolute Gasteiger partial charge is 0.497 e. The molecule has 1 aromatic heterocycles. The van der Waals surface area contributed by atoms with Crippen LogP contribution in [0.15, 0.2) is 18.2 Å². The van der Waals surface area contributed by atoms with Crippen molar-refractivity contribution in [3.8, 4) is 17.1 Å². The molecule has 1 heterocycles. The molecule has 0 radical (unpaired) electrons. The topological polar surface area (TPSA) is 60.8 Å². The number of hydrogen-bond acceptors (Lipinski definition) is 5. The standard InChI is InChI=1S/C11H9F3N4O/c1-6-15-17-10(18-16-6)8-4-3-7(19-2)5-9(8)11(12,13)14/h3-5H,1-2H3. The molecule has 5 nitrogen and oxygen atoms in total. The number of nitrogens with zero attached hydrogens (tertiary/aromatic N) is 4. The summed E-state index contributed by atoms with van der Waals surface area (Å²) in [6.45, 7) is 1.54. The molecule has 0 aliphatic carbocycles. The molecule has 0 aliphatic rings. The summed E-state index contributed by atoms with van der Waals surface area (Å²) in [6.07, 6.45) is -4.54. The van der Waals surface area contributed by atoms with Gasteiger partial charge in [0.25, 0.3) is 0 Å². The third-order valence-electron chi connectivity index (χ3n) is 2.35. The first kappa shape index (κ1) is 13.2. The zero-order chi connectivity index (χ0) is 14.0. The summed E-state index contributed by atoms with van der Waals surface area (Å²) in [7, 11) is 1.29. The molecule has 100 valence electrons. The van der Waals surface area contributed by atoms with Crippen molar-refractivity contribution >= 4 is 0 Å². The molecule has 0 spiro atoms. The quantitative estimate of drug-likeness (QED) is 0.837. The van der Waals surface area contributed by atoms with E-state index in [1.54, 1.807) is 6.92 Å². The molecule has 0 N–H and O–H groups in total. The summed E-state index contributed by atoms with van der Waals surface area (Å²) >= 11 is 0. The molecule has 0 bridgehead atoms. The molecule has 0 aliphatic heterocycles. The monoisotopic (exact) mass is 270 g/mol. The van der Waals surface area contributed by atoms with Crippen molar-refractivity contribution in [2.45, 2.75) is 13.1 Å². The number of aromatic nitrogens is 4. The van der Waals surface area contributed by atoms with Crippen LogP contribution in [0.25, 0.3) is 11.4 Å². The molecule has 0 fully saturated rings. The minimum atomic E-state index is -4.54. The Labute approximate surface area is 106 Å². The number of rotatable bonds is 2. The van der Waals surface area contributed by atoms with Crippen molar-refractivity contribution in [1.29, 1.82) is 0 Å². The molecular formula is C11H9F3N4O. The van der Waals surface area contributed by atoms with E-state index < -0.39 is 11.7 Å². The van der Waals surface area contributed by atoms with E-state index in [1.165, 1.54) is 19.2 Å². The van der Waals surface area contributed by atoms with E-state index >= 15 is 0 Å². The van der Waals surface area contributed by atoms with Gasteiger partial charge >= 0.3 is 6.18 Å². The normalized spacial score (nSPS) is 11.4. The van der Waals surface area contributed by atoms with Crippen LogP contribution in [-0.2, 0) is 6.18 Å². The first-order chi connectivity index (χ1) is 8.91. The third-order valence-corrected chi connectivity index (χ3v) is 2.35. The molecule has 0 unspecified atom stereocenters. The van der Waals surface area contributed by atoms with E-state index in [9.17, 15) is 13.2 Å². The van der Waals surface area contributed by atoms with Gasteiger partial charge in [-0.25, -0.2) is 0 Å². The van der Waals surface area contributed by atoms with E-state index in [0.717, 1.165) is 6.07 Å². The van der Waals surface area contributed by atoms with Gasteiger partial charge in [-0.15, -0.1) is 20.4 Å². The lowest BCUT2D eigenvalue weighted by molar-refractivity contribution is -0.137. The number of methoxy groups -OCH3 is 1. The number of benzene rings is 1. The Morgan fingerprint density at radius 2 is 1.68 bits per heavy atom. The molecule has 0 amide bonds. The molecule has 0 saturated carbocycles. The highest BCUT2D eigenvalue weighted by atomic mass is 19.4. The second kappa shape index (κ2) is 4.79. The highest BCUT2D eigenvalue weighted by Gasteiger charge is 2.35. The zero-order valence-corrected chi connectivity index (χ0v) is 10.1. The maximum Gasteiger partial charge on any atom is 0.417 e. The maximum atomic E-state index is 13.0. The van der Waals surface area contributed by atoms with Gasteiger partial charge in [0.15, 0.2) is 5.82 Å². The van der Waals surface area contributed by atoms with Crippen LogP contribution in [-0.4, -0.2) is 27.5 Å². The van der Waals surface area contributed by atoms with Crippen molar-refractivity contribution in [2.75, 3.05) is 7.11 Å². The van der Waals surface area contributed by atoms with Gasteiger partial charge in [0, 0.05) is 5.56 Å². The summed E-state index contributed by atoms with van der Waals surface area (Å²) in [4.78, 5) is 0. The number of ether oxygens (including phenoxy) is 1.